The number of hydrogen-bond acceptors (Lipinski definition) is 4. The van der Waals surface area contributed by atoms with Crippen LogP contribution < -0.4 is 5.32 Å². The fraction of sp³-hybridized carbons (Fsp3) is 0.200. The van der Waals surface area contributed by atoms with E-state index in [4.69, 9.17) is 5.26 Å². The van der Waals surface area contributed by atoms with Crippen molar-refractivity contribution in [2.24, 2.45) is 0 Å². The van der Waals surface area contributed by atoms with Crippen molar-refractivity contribution >= 4 is 11.6 Å². The summed E-state index contributed by atoms with van der Waals surface area (Å²) in [5.41, 5.74) is 3.64. The van der Waals surface area contributed by atoms with Crippen LogP contribution in [-0.4, -0.2) is 15.9 Å². The molecule has 2 aromatic rings. The summed E-state index contributed by atoms with van der Waals surface area (Å²) >= 11 is 0. The van der Waals surface area contributed by atoms with Crippen LogP contribution in [0.2, 0.25) is 0 Å². The highest BCUT2D eigenvalue weighted by atomic mass is 16.1. The van der Waals surface area contributed by atoms with Crippen molar-refractivity contribution in [1.82, 2.24) is 9.97 Å². The molecule has 0 atom stereocenters. The maximum atomic E-state index is 11.4. The zero-order chi connectivity index (χ0) is 13.9. The molecule has 2 heterocycles. The second-order valence-electron chi connectivity index (χ2n) is 4.61. The third-order valence-electron chi connectivity index (χ3n) is 3.19. The van der Waals surface area contributed by atoms with Crippen LogP contribution >= 0.6 is 0 Å². The van der Waals surface area contributed by atoms with Crippen molar-refractivity contribution in [3.63, 3.8) is 0 Å². The van der Waals surface area contributed by atoms with Crippen LogP contribution in [-0.2, 0) is 17.6 Å². The monoisotopic (exact) mass is 264 g/mol. The van der Waals surface area contributed by atoms with E-state index in [9.17, 15) is 4.79 Å². The minimum absolute atomic E-state index is 0.0227. The van der Waals surface area contributed by atoms with Crippen molar-refractivity contribution < 1.29 is 4.79 Å². The van der Waals surface area contributed by atoms with Crippen LogP contribution in [0.1, 0.15) is 17.8 Å². The predicted molar refractivity (Wildman–Crippen MR) is 73.7 cm³/mol. The van der Waals surface area contributed by atoms with E-state index < -0.39 is 0 Å². The molecule has 5 heteroatoms. The number of fused-ring (bicyclic) bond motifs is 1. The number of aryl methyl sites for hydroxylation is 1. The zero-order valence-electron chi connectivity index (χ0n) is 10.8. The Bertz CT molecular complexity index is 718. The maximum absolute atomic E-state index is 11.4. The summed E-state index contributed by atoms with van der Waals surface area (Å²) in [7, 11) is 0. The number of benzene rings is 1. The number of carbonyl (C=O) groups is 1. The van der Waals surface area contributed by atoms with E-state index in [2.05, 4.69) is 21.4 Å². The molecule has 0 radical (unpaired) electrons. The third kappa shape index (κ3) is 2.36. The van der Waals surface area contributed by atoms with Gasteiger partial charge in [0, 0.05) is 30.3 Å². The van der Waals surface area contributed by atoms with Gasteiger partial charge in [0.15, 0.2) is 0 Å². The number of nitrogens with one attached hydrogen (secondary N) is 1. The lowest BCUT2D eigenvalue weighted by atomic mass is 10.1. The van der Waals surface area contributed by atoms with Gasteiger partial charge in [0.05, 0.1) is 18.2 Å². The minimum Gasteiger partial charge on any atom is -0.326 e. The summed E-state index contributed by atoms with van der Waals surface area (Å²) in [5, 5.41) is 11.4. The molecule has 20 heavy (non-hydrogen) atoms. The zero-order valence-corrected chi connectivity index (χ0v) is 10.8. The molecule has 98 valence electrons. The molecule has 1 N–H and O–H groups in total. The highest BCUT2D eigenvalue weighted by Gasteiger charge is 2.18. The third-order valence-corrected chi connectivity index (χ3v) is 3.19. The Balaban J connectivity index is 1.92. The van der Waals surface area contributed by atoms with Crippen LogP contribution in [0.5, 0.6) is 0 Å². The molecule has 1 aliphatic heterocycles. The van der Waals surface area contributed by atoms with Gasteiger partial charge < -0.3 is 5.32 Å². The number of nitriles is 1. The fourth-order valence-corrected chi connectivity index (χ4v) is 2.24. The highest BCUT2D eigenvalue weighted by molar-refractivity contribution is 5.99. The molecule has 1 amide bonds. The number of carbonyl (C=O) groups excluding carboxylic acids is 1. The van der Waals surface area contributed by atoms with E-state index in [1.807, 2.05) is 24.3 Å². The second-order valence-corrected chi connectivity index (χ2v) is 4.61. The quantitative estimate of drug-likeness (QED) is 0.920. The highest BCUT2D eigenvalue weighted by Crippen LogP contribution is 2.28. The van der Waals surface area contributed by atoms with E-state index in [-0.39, 0.29) is 5.91 Å². The summed E-state index contributed by atoms with van der Waals surface area (Å²) in [5.74, 6) is 0.688. The van der Waals surface area contributed by atoms with Crippen LogP contribution in [0.4, 0.5) is 5.69 Å². The Morgan fingerprint density at radius 1 is 1.35 bits per heavy atom. The Morgan fingerprint density at radius 3 is 3.10 bits per heavy atom. The molecule has 0 spiro atoms. The van der Waals surface area contributed by atoms with E-state index in [0.29, 0.717) is 25.1 Å². The average Bonchev–Trinajstić information content (AvgIpc) is 2.84. The molecular formula is C15H12N4O. The van der Waals surface area contributed by atoms with Gasteiger partial charge in [0.1, 0.15) is 5.82 Å². The molecule has 5 nitrogen and oxygen atoms in total. The summed E-state index contributed by atoms with van der Waals surface area (Å²) < 4.78 is 0. The first kappa shape index (κ1) is 12.3. The minimum atomic E-state index is 0.0227. The van der Waals surface area contributed by atoms with Gasteiger partial charge >= 0.3 is 0 Å². The number of amides is 1. The number of nitrogens with zero attached hydrogens (tertiary/aromatic N) is 3. The molecule has 0 unspecified atom stereocenters. The largest absolute Gasteiger partial charge is 0.326 e. The lowest BCUT2D eigenvalue weighted by molar-refractivity contribution is -0.115. The molecule has 0 saturated carbocycles. The first-order chi connectivity index (χ1) is 9.76. The molecule has 0 aliphatic carbocycles. The molecule has 3 rings (SSSR count). The summed E-state index contributed by atoms with van der Waals surface area (Å²) in [6, 6.07) is 9.73. The second kappa shape index (κ2) is 5.10. The van der Waals surface area contributed by atoms with Gasteiger partial charge in [0.25, 0.3) is 0 Å². The van der Waals surface area contributed by atoms with Gasteiger partial charge in [-0.1, -0.05) is 6.07 Å². The van der Waals surface area contributed by atoms with Crippen LogP contribution in [0, 0.1) is 11.3 Å². The first-order valence-electron chi connectivity index (χ1n) is 6.38. The van der Waals surface area contributed by atoms with E-state index in [1.54, 1.807) is 6.20 Å². The summed E-state index contributed by atoms with van der Waals surface area (Å²) in [6.45, 7) is 0. The van der Waals surface area contributed by atoms with Crippen LogP contribution in [0.3, 0.4) is 0 Å². The van der Waals surface area contributed by atoms with E-state index in [0.717, 1.165) is 22.5 Å². The SMILES string of the molecule is N#CCCc1nccc(-c2ccc3c(c2)CC(=O)N3)n1. The number of rotatable bonds is 3. The van der Waals surface area contributed by atoms with Gasteiger partial charge in [-0.3, -0.25) is 4.79 Å². The number of aromatic nitrogens is 2. The van der Waals surface area contributed by atoms with E-state index in [1.165, 1.54) is 0 Å². The molecule has 0 saturated heterocycles. The fourth-order valence-electron chi connectivity index (χ4n) is 2.24. The normalized spacial score (nSPS) is 12.7. The van der Waals surface area contributed by atoms with Crippen molar-refractivity contribution in [1.29, 1.82) is 5.26 Å². The van der Waals surface area contributed by atoms with Crippen molar-refractivity contribution in [2.75, 3.05) is 5.32 Å². The van der Waals surface area contributed by atoms with Crippen molar-refractivity contribution in [2.45, 2.75) is 19.3 Å². The van der Waals surface area contributed by atoms with Crippen molar-refractivity contribution in [3.8, 4) is 17.3 Å². The van der Waals surface area contributed by atoms with Gasteiger partial charge in [-0.2, -0.15) is 5.26 Å². The Labute approximate surface area is 116 Å². The smallest absolute Gasteiger partial charge is 0.228 e. The molecule has 1 aliphatic rings. The lowest BCUT2D eigenvalue weighted by Crippen LogP contribution is -2.03. The maximum Gasteiger partial charge on any atom is 0.228 e. The lowest BCUT2D eigenvalue weighted by Gasteiger charge is -2.05. The van der Waals surface area contributed by atoms with Gasteiger partial charge in [-0.05, 0) is 23.8 Å². The molecular weight excluding hydrogens is 252 g/mol. The molecule has 0 bridgehead atoms. The predicted octanol–water partition coefficient (Wildman–Crippen LogP) is 2.09. The van der Waals surface area contributed by atoms with Gasteiger partial charge in [-0.15, -0.1) is 0 Å². The first-order valence-corrected chi connectivity index (χ1v) is 6.38. The topological polar surface area (TPSA) is 78.7 Å². The molecule has 0 fully saturated rings. The summed E-state index contributed by atoms with van der Waals surface area (Å²) in [4.78, 5) is 20.0. The Morgan fingerprint density at radius 2 is 2.25 bits per heavy atom. The van der Waals surface area contributed by atoms with E-state index >= 15 is 0 Å². The van der Waals surface area contributed by atoms with Gasteiger partial charge in [-0.25, -0.2) is 9.97 Å². The number of hydrogen-bond donors (Lipinski definition) is 1. The molecule has 1 aromatic carbocycles. The Kier molecular flexibility index (Phi) is 3.13. The number of anilines is 1. The van der Waals surface area contributed by atoms with Crippen LogP contribution in [0.25, 0.3) is 11.3 Å². The average molecular weight is 264 g/mol. The Hall–Kier alpha value is -2.74. The summed E-state index contributed by atoms with van der Waals surface area (Å²) in [6.07, 6.45) is 3.07. The molecule has 1 aromatic heterocycles. The van der Waals surface area contributed by atoms with Crippen molar-refractivity contribution in [3.05, 3.63) is 41.9 Å². The van der Waals surface area contributed by atoms with Gasteiger partial charge in [0.2, 0.25) is 5.91 Å². The van der Waals surface area contributed by atoms with Crippen LogP contribution in [0.15, 0.2) is 30.5 Å². The standard InChI is InChI=1S/C15H12N4O/c16-6-1-2-14-17-7-5-13(18-14)10-3-4-12-11(8-10)9-15(20)19-12/h3-5,7-8H,1-2,9H2,(H,19,20).